The van der Waals surface area contributed by atoms with Gasteiger partial charge >= 0.3 is 6.03 Å². The Bertz CT molecular complexity index is 670. The minimum atomic E-state index is -0.736. The molecule has 0 spiro atoms. The molecule has 0 aliphatic rings. The van der Waals surface area contributed by atoms with Gasteiger partial charge in [0.05, 0.1) is 19.9 Å². The molecule has 2 aromatic carbocycles. The lowest BCUT2D eigenvalue weighted by atomic mass is 10.2. The van der Waals surface area contributed by atoms with Crippen LogP contribution in [0.1, 0.15) is 0 Å². The molecule has 0 atom stereocenters. The third-order valence-electron chi connectivity index (χ3n) is 2.79. The minimum Gasteiger partial charge on any atom is -0.497 e. The van der Waals surface area contributed by atoms with Crippen molar-refractivity contribution in [1.29, 1.82) is 0 Å². The SMILES string of the molecule is COc1cc(NC(=O)Nc2cc(F)ccc2F)cc(OC)c1. The summed E-state index contributed by atoms with van der Waals surface area (Å²) in [5, 5.41) is 4.72. The molecule has 2 rings (SSSR count). The second kappa shape index (κ2) is 6.75. The topological polar surface area (TPSA) is 59.6 Å². The van der Waals surface area contributed by atoms with E-state index >= 15 is 0 Å². The number of rotatable bonds is 4. The number of carbonyl (C=O) groups excluding carboxylic acids is 1. The fraction of sp³-hybridized carbons (Fsp3) is 0.133. The quantitative estimate of drug-likeness (QED) is 0.907. The smallest absolute Gasteiger partial charge is 0.323 e. The number of benzene rings is 2. The van der Waals surface area contributed by atoms with Gasteiger partial charge in [-0.2, -0.15) is 0 Å². The zero-order valence-electron chi connectivity index (χ0n) is 11.9. The molecule has 2 N–H and O–H groups in total. The number of amides is 2. The van der Waals surface area contributed by atoms with Crippen LogP contribution in [0.15, 0.2) is 36.4 Å². The van der Waals surface area contributed by atoms with Gasteiger partial charge in [-0.25, -0.2) is 13.6 Å². The molecule has 5 nitrogen and oxygen atoms in total. The van der Waals surface area contributed by atoms with Gasteiger partial charge in [0.1, 0.15) is 23.1 Å². The molecule has 0 aromatic heterocycles. The zero-order valence-corrected chi connectivity index (χ0v) is 11.9. The minimum absolute atomic E-state index is 0.257. The molecule has 7 heteroatoms. The van der Waals surface area contributed by atoms with Crippen molar-refractivity contribution in [2.75, 3.05) is 24.9 Å². The molecular weight excluding hydrogens is 294 g/mol. The molecule has 0 saturated carbocycles. The van der Waals surface area contributed by atoms with Gasteiger partial charge in [-0.3, -0.25) is 0 Å². The maximum Gasteiger partial charge on any atom is 0.323 e. The van der Waals surface area contributed by atoms with Crippen LogP contribution in [-0.4, -0.2) is 20.3 Å². The van der Waals surface area contributed by atoms with Crippen molar-refractivity contribution in [3.05, 3.63) is 48.0 Å². The zero-order chi connectivity index (χ0) is 16.1. The van der Waals surface area contributed by atoms with Crippen LogP contribution in [0.25, 0.3) is 0 Å². The number of anilines is 2. The maximum absolute atomic E-state index is 13.5. The van der Waals surface area contributed by atoms with Crippen molar-refractivity contribution in [2.24, 2.45) is 0 Å². The van der Waals surface area contributed by atoms with Gasteiger partial charge in [-0.15, -0.1) is 0 Å². The van der Waals surface area contributed by atoms with Gasteiger partial charge in [-0.1, -0.05) is 0 Å². The molecule has 2 aromatic rings. The van der Waals surface area contributed by atoms with Crippen molar-refractivity contribution < 1.29 is 23.0 Å². The van der Waals surface area contributed by atoms with Crippen LogP contribution in [0.4, 0.5) is 25.0 Å². The first-order valence-electron chi connectivity index (χ1n) is 6.28. The fourth-order valence-corrected chi connectivity index (χ4v) is 1.76. The highest BCUT2D eigenvalue weighted by Gasteiger charge is 2.10. The molecule has 0 aliphatic heterocycles. The molecular formula is C15H14F2N2O3. The van der Waals surface area contributed by atoms with E-state index in [0.717, 1.165) is 18.2 Å². The highest BCUT2D eigenvalue weighted by molar-refractivity contribution is 6.00. The average molecular weight is 308 g/mol. The highest BCUT2D eigenvalue weighted by Crippen LogP contribution is 2.26. The normalized spacial score (nSPS) is 10.0. The third-order valence-corrected chi connectivity index (χ3v) is 2.79. The molecule has 22 heavy (non-hydrogen) atoms. The highest BCUT2D eigenvalue weighted by atomic mass is 19.1. The van der Waals surface area contributed by atoms with Gasteiger partial charge in [-0.05, 0) is 12.1 Å². The van der Waals surface area contributed by atoms with Crippen LogP contribution in [0, 0.1) is 11.6 Å². The van der Waals surface area contributed by atoms with E-state index in [1.54, 1.807) is 18.2 Å². The summed E-state index contributed by atoms with van der Waals surface area (Å²) in [6.07, 6.45) is 0. The predicted molar refractivity (Wildman–Crippen MR) is 78.5 cm³/mol. The van der Waals surface area contributed by atoms with E-state index in [0.29, 0.717) is 17.2 Å². The summed E-state index contributed by atoms with van der Waals surface area (Å²) in [6.45, 7) is 0. The third kappa shape index (κ3) is 3.85. The lowest BCUT2D eigenvalue weighted by Gasteiger charge is -2.11. The van der Waals surface area contributed by atoms with Gasteiger partial charge < -0.3 is 20.1 Å². The number of ether oxygens (including phenoxy) is 2. The lowest BCUT2D eigenvalue weighted by molar-refractivity contribution is 0.262. The van der Waals surface area contributed by atoms with Crippen molar-refractivity contribution in [1.82, 2.24) is 0 Å². The van der Waals surface area contributed by atoms with E-state index in [2.05, 4.69) is 10.6 Å². The van der Waals surface area contributed by atoms with Crippen LogP contribution in [-0.2, 0) is 0 Å². The van der Waals surface area contributed by atoms with Crippen LogP contribution in [0.3, 0.4) is 0 Å². The largest absolute Gasteiger partial charge is 0.497 e. The Morgan fingerprint density at radius 2 is 1.59 bits per heavy atom. The number of urea groups is 1. The van der Waals surface area contributed by atoms with Crippen LogP contribution in [0.2, 0.25) is 0 Å². The number of hydrogen-bond acceptors (Lipinski definition) is 3. The molecule has 0 aliphatic carbocycles. The first-order chi connectivity index (χ1) is 10.5. The number of hydrogen-bond donors (Lipinski definition) is 2. The van der Waals surface area contributed by atoms with E-state index in [1.807, 2.05) is 0 Å². The van der Waals surface area contributed by atoms with Crippen LogP contribution >= 0.6 is 0 Å². The van der Waals surface area contributed by atoms with E-state index in [4.69, 9.17) is 9.47 Å². The van der Waals surface area contributed by atoms with Crippen molar-refractivity contribution >= 4 is 17.4 Å². The summed E-state index contributed by atoms with van der Waals surface area (Å²) in [7, 11) is 2.95. The Labute approximate surface area is 125 Å². The number of carbonyl (C=O) groups is 1. The summed E-state index contributed by atoms with van der Waals surface area (Å²) in [6, 6.07) is 6.81. The van der Waals surface area contributed by atoms with Crippen molar-refractivity contribution in [3.8, 4) is 11.5 Å². The average Bonchev–Trinajstić information content (AvgIpc) is 2.50. The van der Waals surface area contributed by atoms with Crippen molar-refractivity contribution in [2.45, 2.75) is 0 Å². The number of nitrogens with one attached hydrogen (secondary N) is 2. The molecule has 0 radical (unpaired) electrons. The first kappa shape index (κ1) is 15.6. The first-order valence-corrected chi connectivity index (χ1v) is 6.28. The van der Waals surface area contributed by atoms with Crippen molar-refractivity contribution in [3.63, 3.8) is 0 Å². The summed E-state index contributed by atoms with van der Waals surface area (Å²) >= 11 is 0. The molecule has 0 fully saturated rings. The molecule has 0 heterocycles. The van der Waals surface area contributed by atoms with E-state index in [1.165, 1.54) is 14.2 Å². The van der Waals surface area contributed by atoms with Gasteiger partial charge in [0.2, 0.25) is 0 Å². The summed E-state index contributed by atoms with van der Waals surface area (Å²) in [5.41, 5.74) is 0.123. The summed E-state index contributed by atoms with van der Waals surface area (Å²) in [5.74, 6) is -0.433. The van der Waals surface area contributed by atoms with E-state index in [-0.39, 0.29) is 5.69 Å². The number of methoxy groups -OCH3 is 2. The summed E-state index contributed by atoms with van der Waals surface area (Å²) in [4.78, 5) is 11.9. The molecule has 0 saturated heterocycles. The Morgan fingerprint density at radius 3 is 2.18 bits per heavy atom. The van der Waals surface area contributed by atoms with Crippen LogP contribution < -0.4 is 20.1 Å². The lowest BCUT2D eigenvalue weighted by Crippen LogP contribution is -2.20. The number of halogens is 2. The second-order valence-electron chi connectivity index (χ2n) is 4.30. The summed E-state index contributed by atoms with van der Waals surface area (Å²) < 4.78 is 36.6. The molecule has 2 amide bonds. The fourth-order valence-electron chi connectivity index (χ4n) is 1.76. The molecule has 116 valence electrons. The maximum atomic E-state index is 13.5. The monoisotopic (exact) mass is 308 g/mol. The molecule has 0 unspecified atom stereocenters. The Morgan fingerprint density at radius 1 is 0.955 bits per heavy atom. The van der Waals surface area contributed by atoms with Gasteiger partial charge in [0.25, 0.3) is 0 Å². The van der Waals surface area contributed by atoms with E-state index < -0.39 is 17.7 Å². The van der Waals surface area contributed by atoms with E-state index in [9.17, 15) is 13.6 Å². The standard InChI is InChI=1S/C15H14F2N2O3/c1-21-11-6-10(7-12(8-11)22-2)18-15(20)19-14-5-9(16)3-4-13(14)17/h3-8H,1-2H3,(H2,18,19,20). The Kier molecular flexibility index (Phi) is 4.77. The second-order valence-corrected chi connectivity index (χ2v) is 4.30. The predicted octanol–water partition coefficient (Wildman–Crippen LogP) is 3.63. The molecule has 0 bridgehead atoms. The van der Waals surface area contributed by atoms with Gasteiger partial charge in [0, 0.05) is 30.0 Å². The van der Waals surface area contributed by atoms with Gasteiger partial charge in [0.15, 0.2) is 0 Å². The Balaban J connectivity index is 2.13. The van der Waals surface area contributed by atoms with Crippen LogP contribution in [0.5, 0.6) is 11.5 Å². The Hall–Kier alpha value is -2.83.